The monoisotopic (exact) mass is 283 g/mol. The summed E-state index contributed by atoms with van der Waals surface area (Å²) in [6.45, 7) is 3.24. The summed E-state index contributed by atoms with van der Waals surface area (Å²) in [5.41, 5.74) is 2.50. The molecule has 0 atom stereocenters. The van der Waals surface area contributed by atoms with Crippen molar-refractivity contribution in [3.63, 3.8) is 0 Å². The van der Waals surface area contributed by atoms with E-state index in [0.29, 0.717) is 18.8 Å². The van der Waals surface area contributed by atoms with Gasteiger partial charge in [0, 0.05) is 25.8 Å². The Bertz CT molecular complexity index is 547. The van der Waals surface area contributed by atoms with Crippen molar-refractivity contribution in [3.05, 3.63) is 35.4 Å². The second-order valence-corrected chi connectivity index (χ2v) is 4.65. The van der Waals surface area contributed by atoms with Gasteiger partial charge in [-0.1, -0.05) is 6.92 Å². The molecule has 0 aliphatic carbocycles. The van der Waals surface area contributed by atoms with Gasteiger partial charge < -0.3 is 5.32 Å². The van der Waals surface area contributed by atoms with E-state index in [9.17, 15) is 8.78 Å². The SMILES string of the molecule is CCCn1nc(C)cc1CNCc1ccnn1C(F)F. The van der Waals surface area contributed by atoms with Crippen molar-refractivity contribution in [3.8, 4) is 0 Å². The Labute approximate surface area is 116 Å². The third-order valence-electron chi connectivity index (χ3n) is 2.97. The molecule has 0 amide bonds. The molecule has 0 radical (unpaired) electrons. The molecular formula is C13H19F2N5. The molecule has 1 N–H and O–H groups in total. The van der Waals surface area contributed by atoms with Gasteiger partial charge in [0.2, 0.25) is 0 Å². The molecule has 0 aliphatic rings. The van der Waals surface area contributed by atoms with E-state index in [-0.39, 0.29) is 0 Å². The van der Waals surface area contributed by atoms with Crippen LogP contribution in [0.3, 0.4) is 0 Å². The van der Waals surface area contributed by atoms with Gasteiger partial charge in [0.25, 0.3) is 0 Å². The van der Waals surface area contributed by atoms with Gasteiger partial charge in [0.1, 0.15) is 0 Å². The Kier molecular flexibility index (Phi) is 4.84. The van der Waals surface area contributed by atoms with Gasteiger partial charge >= 0.3 is 6.55 Å². The summed E-state index contributed by atoms with van der Waals surface area (Å²) in [6, 6.07) is 3.60. The van der Waals surface area contributed by atoms with Crippen LogP contribution in [0.25, 0.3) is 0 Å². The highest BCUT2D eigenvalue weighted by Crippen LogP contribution is 2.12. The van der Waals surface area contributed by atoms with E-state index in [1.807, 2.05) is 17.7 Å². The van der Waals surface area contributed by atoms with Gasteiger partial charge in [-0.25, -0.2) is 4.68 Å². The lowest BCUT2D eigenvalue weighted by Crippen LogP contribution is -2.19. The maximum atomic E-state index is 12.6. The highest BCUT2D eigenvalue weighted by atomic mass is 19.3. The normalized spacial score (nSPS) is 11.4. The minimum Gasteiger partial charge on any atom is -0.306 e. The highest BCUT2D eigenvalue weighted by molar-refractivity contribution is 5.09. The number of hydrogen-bond donors (Lipinski definition) is 1. The molecule has 0 saturated heterocycles. The number of nitrogens with zero attached hydrogens (tertiary/aromatic N) is 4. The van der Waals surface area contributed by atoms with E-state index in [4.69, 9.17) is 0 Å². The predicted octanol–water partition coefficient (Wildman–Crippen LogP) is 2.48. The Balaban J connectivity index is 1.94. The molecule has 0 spiro atoms. The van der Waals surface area contributed by atoms with Gasteiger partial charge in [-0.05, 0) is 25.5 Å². The lowest BCUT2D eigenvalue weighted by Gasteiger charge is -2.09. The van der Waals surface area contributed by atoms with E-state index in [1.165, 1.54) is 6.20 Å². The zero-order valence-corrected chi connectivity index (χ0v) is 11.7. The Morgan fingerprint density at radius 3 is 2.75 bits per heavy atom. The molecule has 0 aliphatic heterocycles. The second kappa shape index (κ2) is 6.60. The lowest BCUT2D eigenvalue weighted by atomic mass is 10.3. The average Bonchev–Trinajstić information content (AvgIpc) is 2.97. The van der Waals surface area contributed by atoms with Crippen LogP contribution < -0.4 is 5.32 Å². The summed E-state index contributed by atoms with van der Waals surface area (Å²) in [5.74, 6) is 0. The molecule has 0 saturated carbocycles. The van der Waals surface area contributed by atoms with Crippen LogP contribution in [0, 0.1) is 6.92 Å². The number of aromatic nitrogens is 4. The van der Waals surface area contributed by atoms with Crippen LogP contribution in [-0.4, -0.2) is 19.6 Å². The van der Waals surface area contributed by atoms with Crippen LogP contribution in [-0.2, 0) is 19.6 Å². The maximum absolute atomic E-state index is 12.6. The zero-order valence-electron chi connectivity index (χ0n) is 11.7. The fourth-order valence-corrected chi connectivity index (χ4v) is 2.12. The van der Waals surface area contributed by atoms with Crippen LogP contribution in [0.4, 0.5) is 8.78 Å². The van der Waals surface area contributed by atoms with Crippen molar-refractivity contribution >= 4 is 0 Å². The molecule has 7 heteroatoms. The topological polar surface area (TPSA) is 47.7 Å². The van der Waals surface area contributed by atoms with Crippen molar-refractivity contribution in [2.24, 2.45) is 0 Å². The van der Waals surface area contributed by atoms with Crippen molar-refractivity contribution in [2.75, 3.05) is 0 Å². The number of rotatable bonds is 7. The summed E-state index contributed by atoms with van der Waals surface area (Å²) < 4.78 is 27.9. The molecule has 2 aromatic heterocycles. The number of alkyl halides is 2. The molecule has 0 unspecified atom stereocenters. The quantitative estimate of drug-likeness (QED) is 0.849. The first-order valence-electron chi connectivity index (χ1n) is 6.66. The lowest BCUT2D eigenvalue weighted by molar-refractivity contribution is 0.0531. The average molecular weight is 283 g/mol. The van der Waals surface area contributed by atoms with Crippen LogP contribution in [0.5, 0.6) is 0 Å². The molecular weight excluding hydrogens is 264 g/mol. The first kappa shape index (κ1) is 14.6. The number of halogens is 2. The van der Waals surface area contributed by atoms with Gasteiger partial charge in [0.05, 0.1) is 17.1 Å². The standard InChI is InChI=1S/C13H19F2N5/c1-3-6-19-12(7-10(2)18-19)9-16-8-11-4-5-17-20(11)13(14)15/h4-5,7,13,16H,3,6,8-9H2,1-2H3. The number of nitrogens with one attached hydrogen (secondary N) is 1. The van der Waals surface area contributed by atoms with Crippen LogP contribution in [0.1, 0.15) is 37.0 Å². The van der Waals surface area contributed by atoms with Gasteiger partial charge in [-0.15, -0.1) is 0 Å². The van der Waals surface area contributed by atoms with Gasteiger partial charge in [-0.2, -0.15) is 19.0 Å². The summed E-state index contributed by atoms with van der Waals surface area (Å²) >= 11 is 0. The largest absolute Gasteiger partial charge is 0.333 e. The van der Waals surface area contributed by atoms with Crippen LogP contribution in [0.2, 0.25) is 0 Å². The molecule has 110 valence electrons. The predicted molar refractivity (Wildman–Crippen MR) is 71.3 cm³/mol. The minimum absolute atomic E-state index is 0.348. The molecule has 2 aromatic rings. The van der Waals surface area contributed by atoms with E-state index in [0.717, 1.165) is 29.0 Å². The first-order valence-corrected chi connectivity index (χ1v) is 6.66. The third kappa shape index (κ3) is 3.41. The molecule has 2 rings (SSSR count). The minimum atomic E-state index is -2.60. The van der Waals surface area contributed by atoms with Crippen molar-refractivity contribution in [1.82, 2.24) is 24.9 Å². The molecule has 2 heterocycles. The fraction of sp³-hybridized carbons (Fsp3) is 0.538. The summed E-state index contributed by atoms with van der Waals surface area (Å²) in [6.07, 6.45) is 2.39. The Hall–Kier alpha value is -1.76. The molecule has 0 aromatic carbocycles. The second-order valence-electron chi connectivity index (χ2n) is 4.65. The highest BCUT2D eigenvalue weighted by Gasteiger charge is 2.11. The summed E-state index contributed by atoms with van der Waals surface area (Å²) in [5, 5.41) is 11.2. The van der Waals surface area contributed by atoms with E-state index in [1.54, 1.807) is 6.07 Å². The van der Waals surface area contributed by atoms with Gasteiger partial charge in [0.15, 0.2) is 0 Å². The Morgan fingerprint density at radius 1 is 1.30 bits per heavy atom. The maximum Gasteiger partial charge on any atom is 0.333 e. The van der Waals surface area contributed by atoms with E-state index >= 15 is 0 Å². The van der Waals surface area contributed by atoms with Gasteiger partial charge in [-0.3, -0.25) is 4.68 Å². The first-order chi connectivity index (χ1) is 9.61. The van der Waals surface area contributed by atoms with Crippen molar-refractivity contribution in [1.29, 1.82) is 0 Å². The summed E-state index contributed by atoms with van der Waals surface area (Å²) in [4.78, 5) is 0. The number of hydrogen-bond acceptors (Lipinski definition) is 3. The van der Waals surface area contributed by atoms with Crippen LogP contribution in [0.15, 0.2) is 18.3 Å². The smallest absolute Gasteiger partial charge is 0.306 e. The molecule has 0 fully saturated rings. The Morgan fingerprint density at radius 2 is 2.05 bits per heavy atom. The van der Waals surface area contributed by atoms with E-state index in [2.05, 4.69) is 22.4 Å². The molecule has 5 nitrogen and oxygen atoms in total. The fourth-order valence-electron chi connectivity index (χ4n) is 2.12. The number of aryl methyl sites for hydroxylation is 2. The van der Waals surface area contributed by atoms with Crippen molar-refractivity contribution in [2.45, 2.75) is 46.5 Å². The molecule has 20 heavy (non-hydrogen) atoms. The van der Waals surface area contributed by atoms with Crippen LogP contribution >= 0.6 is 0 Å². The zero-order chi connectivity index (χ0) is 14.5. The van der Waals surface area contributed by atoms with E-state index < -0.39 is 6.55 Å². The summed E-state index contributed by atoms with van der Waals surface area (Å²) in [7, 11) is 0. The molecule has 0 bridgehead atoms. The van der Waals surface area contributed by atoms with Crippen molar-refractivity contribution < 1.29 is 8.78 Å². The third-order valence-corrected chi connectivity index (χ3v) is 2.97.